The molecule has 0 aromatic heterocycles. The molecule has 100 valence electrons. The van der Waals surface area contributed by atoms with Crippen LogP contribution in [0.5, 0.6) is 0 Å². The van der Waals surface area contributed by atoms with Gasteiger partial charge in [-0.1, -0.05) is 6.92 Å². The topological polar surface area (TPSA) is 44.8 Å². The number of carbonyl (C=O) groups is 1. The van der Waals surface area contributed by atoms with Crippen molar-refractivity contribution in [3.05, 3.63) is 0 Å². The number of methoxy groups -OCH3 is 1. The van der Waals surface area contributed by atoms with Crippen LogP contribution in [0.15, 0.2) is 0 Å². The first kappa shape index (κ1) is 14.4. The Labute approximate surface area is 104 Å². The van der Waals surface area contributed by atoms with Crippen LogP contribution in [-0.2, 0) is 9.53 Å². The van der Waals surface area contributed by atoms with Gasteiger partial charge in [0.25, 0.3) is 0 Å². The van der Waals surface area contributed by atoms with E-state index >= 15 is 0 Å². The fourth-order valence-corrected chi connectivity index (χ4v) is 2.11. The van der Waals surface area contributed by atoms with E-state index in [1.807, 2.05) is 11.9 Å². The van der Waals surface area contributed by atoms with Crippen LogP contribution < -0.4 is 5.32 Å². The molecule has 0 saturated carbocycles. The molecule has 17 heavy (non-hydrogen) atoms. The van der Waals surface area contributed by atoms with Crippen molar-refractivity contribution < 1.29 is 9.53 Å². The molecule has 1 rings (SSSR count). The summed E-state index contributed by atoms with van der Waals surface area (Å²) in [7, 11) is 3.70. The van der Waals surface area contributed by atoms with Gasteiger partial charge in [-0.15, -0.1) is 0 Å². The lowest BCUT2D eigenvalue weighted by atomic mass is 10.2. The highest BCUT2D eigenvalue weighted by molar-refractivity contribution is 5.78. The van der Waals surface area contributed by atoms with Gasteiger partial charge in [0.05, 0.1) is 13.2 Å². The average Bonchev–Trinajstić information content (AvgIpc) is 2.36. The van der Waals surface area contributed by atoms with Crippen molar-refractivity contribution in [2.75, 3.05) is 53.5 Å². The molecule has 0 spiro atoms. The normalized spacial score (nSPS) is 18.5. The van der Waals surface area contributed by atoms with Gasteiger partial charge in [-0.25, -0.2) is 0 Å². The van der Waals surface area contributed by atoms with Gasteiger partial charge < -0.3 is 15.0 Å². The Morgan fingerprint density at radius 2 is 2.12 bits per heavy atom. The highest BCUT2D eigenvalue weighted by Crippen LogP contribution is 2.03. The second-order valence-electron chi connectivity index (χ2n) is 4.56. The molecular weight excluding hydrogens is 218 g/mol. The standard InChI is InChI=1S/C12H25N3O2/c1-4-11(10-17-3)14(2)9-12(16)15-7-5-13-6-8-15/h11,13H,4-10H2,1-3H3. The predicted molar refractivity (Wildman–Crippen MR) is 68.0 cm³/mol. The Kier molecular flexibility index (Phi) is 6.47. The van der Waals surface area contributed by atoms with Crippen LogP contribution in [0.1, 0.15) is 13.3 Å². The van der Waals surface area contributed by atoms with E-state index in [9.17, 15) is 4.79 Å². The van der Waals surface area contributed by atoms with Crippen molar-refractivity contribution in [1.82, 2.24) is 15.1 Å². The zero-order chi connectivity index (χ0) is 12.7. The third-order valence-electron chi connectivity index (χ3n) is 3.31. The number of nitrogens with zero attached hydrogens (tertiary/aromatic N) is 2. The monoisotopic (exact) mass is 243 g/mol. The molecule has 0 bridgehead atoms. The summed E-state index contributed by atoms with van der Waals surface area (Å²) in [6, 6.07) is 0.326. The molecule has 1 fully saturated rings. The van der Waals surface area contributed by atoms with E-state index in [-0.39, 0.29) is 5.91 Å². The van der Waals surface area contributed by atoms with Crippen molar-refractivity contribution >= 4 is 5.91 Å². The highest BCUT2D eigenvalue weighted by atomic mass is 16.5. The summed E-state index contributed by atoms with van der Waals surface area (Å²) in [6.45, 7) is 6.76. The summed E-state index contributed by atoms with van der Waals surface area (Å²) in [6.07, 6.45) is 0.999. The number of likely N-dealkylation sites (N-methyl/N-ethyl adjacent to an activating group) is 1. The number of piperazine rings is 1. The average molecular weight is 243 g/mol. The lowest BCUT2D eigenvalue weighted by molar-refractivity contribution is -0.133. The van der Waals surface area contributed by atoms with Crippen molar-refractivity contribution in [2.24, 2.45) is 0 Å². The molecular formula is C12H25N3O2. The minimum absolute atomic E-state index is 0.226. The minimum atomic E-state index is 0.226. The summed E-state index contributed by atoms with van der Waals surface area (Å²) >= 11 is 0. The van der Waals surface area contributed by atoms with Crippen LogP contribution in [0.3, 0.4) is 0 Å². The summed E-state index contributed by atoms with van der Waals surface area (Å²) in [4.78, 5) is 16.1. The first-order valence-electron chi connectivity index (χ1n) is 6.36. The minimum Gasteiger partial charge on any atom is -0.383 e. The Balaban J connectivity index is 2.37. The van der Waals surface area contributed by atoms with E-state index in [0.717, 1.165) is 32.6 Å². The molecule has 1 saturated heterocycles. The Morgan fingerprint density at radius 1 is 1.47 bits per heavy atom. The van der Waals surface area contributed by atoms with Crippen LogP contribution in [0.25, 0.3) is 0 Å². The van der Waals surface area contributed by atoms with Gasteiger partial charge in [0, 0.05) is 39.3 Å². The van der Waals surface area contributed by atoms with E-state index < -0.39 is 0 Å². The van der Waals surface area contributed by atoms with Crippen LogP contribution in [0, 0.1) is 0 Å². The molecule has 0 aromatic rings. The van der Waals surface area contributed by atoms with Gasteiger partial charge in [0.1, 0.15) is 0 Å². The first-order valence-corrected chi connectivity index (χ1v) is 6.36. The highest BCUT2D eigenvalue weighted by Gasteiger charge is 2.20. The Bertz CT molecular complexity index is 230. The number of nitrogens with one attached hydrogen (secondary N) is 1. The van der Waals surface area contributed by atoms with Gasteiger partial charge in [0.2, 0.25) is 5.91 Å². The third kappa shape index (κ3) is 4.61. The largest absolute Gasteiger partial charge is 0.383 e. The van der Waals surface area contributed by atoms with E-state index in [0.29, 0.717) is 19.2 Å². The summed E-state index contributed by atoms with van der Waals surface area (Å²) in [5, 5.41) is 3.25. The number of hydrogen-bond donors (Lipinski definition) is 1. The number of carbonyl (C=O) groups excluding carboxylic acids is 1. The fraction of sp³-hybridized carbons (Fsp3) is 0.917. The lowest BCUT2D eigenvalue weighted by Crippen LogP contribution is -2.50. The lowest BCUT2D eigenvalue weighted by Gasteiger charge is -2.31. The van der Waals surface area contributed by atoms with Crippen molar-refractivity contribution in [3.63, 3.8) is 0 Å². The van der Waals surface area contributed by atoms with Crippen molar-refractivity contribution in [1.29, 1.82) is 0 Å². The van der Waals surface area contributed by atoms with E-state index in [4.69, 9.17) is 4.74 Å². The number of ether oxygens (including phenoxy) is 1. The van der Waals surface area contributed by atoms with Gasteiger partial charge in [-0.05, 0) is 13.5 Å². The molecule has 1 aliphatic heterocycles. The number of rotatable bonds is 6. The molecule has 5 nitrogen and oxygen atoms in total. The van der Waals surface area contributed by atoms with E-state index in [1.165, 1.54) is 0 Å². The Hall–Kier alpha value is -0.650. The molecule has 1 atom stereocenters. The fourth-order valence-electron chi connectivity index (χ4n) is 2.11. The molecule has 1 aliphatic rings. The molecule has 0 aromatic carbocycles. The van der Waals surface area contributed by atoms with Crippen molar-refractivity contribution in [2.45, 2.75) is 19.4 Å². The number of amides is 1. The van der Waals surface area contributed by atoms with Gasteiger partial charge in [-0.2, -0.15) is 0 Å². The maximum Gasteiger partial charge on any atom is 0.236 e. The molecule has 1 amide bonds. The van der Waals surface area contributed by atoms with Crippen LogP contribution in [-0.4, -0.2) is 75.2 Å². The van der Waals surface area contributed by atoms with E-state index in [1.54, 1.807) is 7.11 Å². The van der Waals surface area contributed by atoms with E-state index in [2.05, 4.69) is 17.1 Å². The quantitative estimate of drug-likeness (QED) is 0.700. The first-order chi connectivity index (χ1) is 8.19. The summed E-state index contributed by atoms with van der Waals surface area (Å²) in [5.74, 6) is 0.226. The SMILES string of the molecule is CCC(COC)N(C)CC(=O)N1CCNCC1. The van der Waals surface area contributed by atoms with Crippen LogP contribution in [0.4, 0.5) is 0 Å². The van der Waals surface area contributed by atoms with Crippen LogP contribution in [0.2, 0.25) is 0 Å². The molecule has 5 heteroatoms. The molecule has 0 radical (unpaired) electrons. The third-order valence-corrected chi connectivity index (χ3v) is 3.31. The van der Waals surface area contributed by atoms with Crippen molar-refractivity contribution in [3.8, 4) is 0 Å². The number of hydrogen-bond acceptors (Lipinski definition) is 4. The molecule has 0 aliphatic carbocycles. The summed E-state index contributed by atoms with van der Waals surface area (Å²) < 4.78 is 5.17. The predicted octanol–water partition coefficient (Wildman–Crippen LogP) is -0.225. The second kappa shape index (κ2) is 7.63. The maximum atomic E-state index is 12.0. The maximum absolute atomic E-state index is 12.0. The molecule has 1 N–H and O–H groups in total. The van der Waals surface area contributed by atoms with Crippen LogP contribution >= 0.6 is 0 Å². The van der Waals surface area contributed by atoms with Gasteiger partial charge >= 0.3 is 0 Å². The zero-order valence-corrected chi connectivity index (χ0v) is 11.2. The second-order valence-corrected chi connectivity index (χ2v) is 4.56. The molecule has 1 heterocycles. The smallest absolute Gasteiger partial charge is 0.236 e. The Morgan fingerprint density at radius 3 is 2.65 bits per heavy atom. The zero-order valence-electron chi connectivity index (χ0n) is 11.2. The molecule has 1 unspecified atom stereocenters. The van der Waals surface area contributed by atoms with Gasteiger partial charge in [-0.3, -0.25) is 9.69 Å². The summed E-state index contributed by atoms with van der Waals surface area (Å²) in [5.41, 5.74) is 0. The van der Waals surface area contributed by atoms with Gasteiger partial charge in [0.15, 0.2) is 0 Å².